The monoisotopic (exact) mass is 323 g/mol. The average molecular weight is 323 g/mol. The molecule has 2 aromatic heterocycles. The van der Waals surface area contributed by atoms with Gasteiger partial charge in [0.15, 0.2) is 0 Å². The number of aromatic nitrogens is 4. The maximum Gasteiger partial charge on any atom is 0.254 e. The van der Waals surface area contributed by atoms with E-state index < -0.39 is 0 Å². The van der Waals surface area contributed by atoms with Crippen molar-refractivity contribution in [1.82, 2.24) is 19.6 Å². The standard InChI is InChI=1S/C18H21N5O/c1-12-8-17(23-18(22-12)20-11-21-23)19-10-14-5-3-4-13-9-15(24-2)6-7-16(13)14/h6-9,11,14,19H,3-5,10H2,1-2H3. The summed E-state index contributed by atoms with van der Waals surface area (Å²) in [7, 11) is 1.72. The Kier molecular flexibility index (Phi) is 3.80. The zero-order valence-corrected chi connectivity index (χ0v) is 14.0. The maximum absolute atomic E-state index is 5.36. The number of nitrogens with one attached hydrogen (secondary N) is 1. The van der Waals surface area contributed by atoms with E-state index >= 15 is 0 Å². The van der Waals surface area contributed by atoms with Gasteiger partial charge in [-0.3, -0.25) is 0 Å². The lowest BCUT2D eigenvalue weighted by molar-refractivity contribution is 0.413. The van der Waals surface area contributed by atoms with E-state index in [0.29, 0.717) is 11.7 Å². The van der Waals surface area contributed by atoms with Crippen LogP contribution in [0.3, 0.4) is 0 Å². The first kappa shape index (κ1) is 14.9. The minimum atomic E-state index is 0.492. The molecule has 6 nitrogen and oxygen atoms in total. The molecule has 0 fully saturated rings. The quantitative estimate of drug-likeness (QED) is 0.799. The topological polar surface area (TPSA) is 64.3 Å². The van der Waals surface area contributed by atoms with Crippen molar-refractivity contribution >= 4 is 11.6 Å². The Morgan fingerprint density at radius 1 is 1.33 bits per heavy atom. The summed E-state index contributed by atoms with van der Waals surface area (Å²) in [6.45, 7) is 2.85. The lowest BCUT2D eigenvalue weighted by Gasteiger charge is -2.26. The molecule has 0 saturated heterocycles. The summed E-state index contributed by atoms with van der Waals surface area (Å²) in [6.07, 6.45) is 5.07. The summed E-state index contributed by atoms with van der Waals surface area (Å²) in [6, 6.07) is 8.46. The Hall–Kier alpha value is -2.63. The van der Waals surface area contributed by atoms with Crippen molar-refractivity contribution in [1.29, 1.82) is 0 Å². The lowest BCUT2D eigenvalue weighted by atomic mass is 9.82. The van der Waals surface area contributed by atoms with Crippen molar-refractivity contribution in [3.8, 4) is 5.75 Å². The minimum Gasteiger partial charge on any atom is -0.497 e. The Bertz CT molecular complexity index is 873. The number of benzene rings is 1. The minimum absolute atomic E-state index is 0.492. The number of ether oxygens (including phenoxy) is 1. The second-order valence-corrected chi connectivity index (χ2v) is 6.29. The lowest BCUT2D eigenvalue weighted by Crippen LogP contribution is -2.19. The van der Waals surface area contributed by atoms with Gasteiger partial charge in [-0.15, -0.1) is 0 Å². The first-order valence-corrected chi connectivity index (χ1v) is 8.32. The van der Waals surface area contributed by atoms with Crippen molar-refractivity contribution in [2.45, 2.75) is 32.1 Å². The first-order chi connectivity index (χ1) is 11.7. The average Bonchev–Trinajstić information content (AvgIpc) is 3.07. The molecular formula is C18H21N5O. The van der Waals surface area contributed by atoms with Crippen molar-refractivity contribution in [2.75, 3.05) is 19.0 Å². The molecule has 3 aromatic rings. The van der Waals surface area contributed by atoms with Crippen LogP contribution in [-0.2, 0) is 6.42 Å². The number of methoxy groups -OCH3 is 1. The molecule has 2 heterocycles. The summed E-state index contributed by atoms with van der Waals surface area (Å²) in [5.74, 6) is 3.00. The summed E-state index contributed by atoms with van der Waals surface area (Å²) in [5, 5.41) is 7.80. The molecule has 0 amide bonds. The van der Waals surface area contributed by atoms with Crippen LogP contribution in [0.1, 0.15) is 35.6 Å². The van der Waals surface area contributed by atoms with Gasteiger partial charge in [-0.25, -0.2) is 4.98 Å². The van der Waals surface area contributed by atoms with Gasteiger partial charge in [-0.1, -0.05) is 6.07 Å². The van der Waals surface area contributed by atoms with Crippen LogP contribution in [0.4, 0.5) is 5.82 Å². The smallest absolute Gasteiger partial charge is 0.254 e. The number of hydrogen-bond donors (Lipinski definition) is 1. The largest absolute Gasteiger partial charge is 0.497 e. The zero-order chi connectivity index (χ0) is 16.5. The number of aryl methyl sites for hydroxylation is 2. The highest BCUT2D eigenvalue weighted by Gasteiger charge is 2.21. The fourth-order valence-electron chi connectivity index (χ4n) is 3.51. The molecule has 24 heavy (non-hydrogen) atoms. The van der Waals surface area contributed by atoms with Crippen LogP contribution in [0.5, 0.6) is 5.75 Å². The SMILES string of the molecule is COc1ccc2c(c1)CCCC2CNc1cc(C)nc2ncnn12. The number of hydrogen-bond acceptors (Lipinski definition) is 5. The second-order valence-electron chi connectivity index (χ2n) is 6.29. The number of anilines is 1. The van der Waals surface area contributed by atoms with Crippen molar-refractivity contribution in [3.05, 3.63) is 47.4 Å². The number of fused-ring (bicyclic) bond motifs is 2. The van der Waals surface area contributed by atoms with Crippen molar-refractivity contribution in [3.63, 3.8) is 0 Å². The molecule has 1 unspecified atom stereocenters. The van der Waals surface area contributed by atoms with Crippen LogP contribution in [0.2, 0.25) is 0 Å². The van der Waals surface area contributed by atoms with Crippen LogP contribution in [0.25, 0.3) is 5.78 Å². The molecule has 0 bridgehead atoms. The van der Waals surface area contributed by atoms with Crippen molar-refractivity contribution in [2.24, 2.45) is 0 Å². The first-order valence-electron chi connectivity index (χ1n) is 8.32. The van der Waals surface area contributed by atoms with Gasteiger partial charge in [0.25, 0.3) is 5.78 Å². The molecule has 0 radical (unpaired) electrons. The molecule has 1 N–H and O–H groups in total. The molecule has 0 spiro atoms. The molecule has 0 aliphatic heterocycles. The summed E-state index contributed by atoms with van der Waals surface area (Å²) >= 11 is 0. The van der Waals surface area contributed by atoms with Crippen LogP contribution < -0.4 is 10.1 Å². The van der Waals surface area contributed by atoms with Crippen LogP contribution in [0, 0.1) is 6.92 Å². The number of nitrogens with zero attached hydrogens (tertiary/aromatic N) is 4. The fourth-order valence-corrected chi connectivity index (χ4v) is 3.51. The normalized spacial score (nSPS) is 16.8. The maximum atomic E-state index is 5.36. The second kappa shape index (κ2) is 6.11. The van der Waals surface area contributed by atoms with Crippen LogP contribution in [0.15, 0.2) is 30.6 Å². The Morgan fingerprint density at radius 2 is 2.25 bits per heavy atom. The van der Waals surface area contributed by atoms with E-state index in [0.717, 1.165) is 30.2 Å². The van der Waals surface area contributed by atoms with E-state index in [1.807, 2.05) is 13.0 Å². The molecule has 1 aromatic carbocycles. The molecule has 1 aliphatic rings. The zero-order valence-electron chi connectivity index (χ0n) is 14.0. The third-order valence-corrected chi connectivity index (χ3v) is 4.70. The molecule has 0 saturated carbocycles. The van der Waals surface area contributed by atoms with E-state index in [-0.39, 0.29) is 0 Å². The summed E-state index contributed by atoms with van der Waals surface area (Å²) < 4.78 is 7.11. The van der Waals surface area contributed by atoms with Crippen molar-refractivity contribution < 1.29 is 4.74 Å². The Labute approximate surface area is 140 Å². The van der Waals surface area contributed by atoms with Gasteiger partial charge in [0.05, 0.1) is 7.11 Å². The molecule has 124 valence electrons. The van der Waals surface area contributed by atoms with E-state index in [2.05, 4.69) is 38.6 Å². The molecule has 1 atom stereocenters. The summed E-state index contributed by atoms with van der Waals surface area (Å²) in [4.78, 5) is 8.56. The molecule has 1 aliphatic carbocycles. The Morgan fingerprint density at radius 3 is 3.12 bits per heavy atom. The third kappa shape index (κ3) is 2.68. The van der Waals surface area contributed by atoms with Gasteiger partial charge in [0.1, 0.15) is 17.9 Å². The van der Waals surface area contributed by atoms with Crippen LogP contribution >= 0.6 is 0 Å². The third-order valence-electron chi connectivity index (χ3n) is 4.70. The van der Waals surface area contributed by atoms with E-state index in [4.69, 9.17) is 4.74 Å². The van der Waals surface area contributed by atoms with E-state index in [1.165, 1.54) is 30.3 Å². The molecule has 6 heteroatoms. The molecular weight excluding hydrogens is 302 g/mol. The van der Waals surface area contributed by atoms with E-state index in [9.17, 15) is 0 Å². The highest BCUT2D eigenvalue weighted by Crippen LogP contribution is 2.34. The predicted octanol–water partition coefficient (Wildman–Crippen LogP) is 2.97. The van der Waals surface area contributed by atoms with Crippen LogP contribution in [-0.4, -0.2) is 33.2 Å². The van der Waals surface area contributed by atoms with Gasteiger partial charge < -0.3 is 10.1 Å². The van der Waals surface area contributed by atoms with Gasteiger partial charge in [-0.05, 0) is 49.4 Å². The Balaban J connectivity index is 1.57. The predicted molar refractivity (Wildman–Crippen MR) is 92.7 cm³/mol. The van der Waals surface area contributed by atoms with Gasteiger partial charge >= 0.3 is 0 Å². The van der Waals surface area contributed by atoms with Gasteiger partial charge in [-0.2, -0.15) is 14.6 Å². The fraction of sp³-hybridized carbons (Fsp3) is 0.389. The summed E-state index contributed by atoms with van der Waals surface area (Å²) in [5.41, 5.74) is 3.77. The number of rotatable bonds is 4. The molecule has 4 rings (SSSR count). The highest BCUT2D eigenvalue weighted by molar-refractivity contribution is 5.46. The highest BCUT2D eigenvalue weighted by atomic mass is 16.5. The van der Waals surface area contributed by atoms with Gasteiger partial charge in [0.2, 0.25) is 0 Å². The van der Waals surface area contributed by atoms with E-state index in [1.54, 1.807) is 11.6 Å². The van der Waals surface area contributed by atoms with Gasteiger partial charge in [0, 0.05) is 24.2 Å².